The van der Waals surface area contributed by atoms with E-state index in [-0.39, 0.29) is 11.5 Å². The highest BCUT2D eigenvalue weighted by Gasteiger charge is 2.17. The van der Waals surface area contributed by atoms with Gasteiger partial charge in [0.15, 0.2) is 5.16 Å². The van der Waals surface area contributed by atoms with Crippen LogP contribution < -0.4 is 5.56 Å². The summed E-state index contributed by atoms with van der Waals surface area (Å²) in [6.07, 6.45) is 1.27. The molecule has 1 saturated heterocycles. The lowest BCUT2D eigenvalue weighted by Crippen LogP contribution is -2.40. The average molecular weight is 430 g/mol. The van der Waals surface area contributed by atoms with Crippen molar-refractivity contribution < 1.29 is 9.53 Å². The summed E-state index contributed by atoms with van der Waals surface area (Å²) in [5.74, 6) is 0.927. The van der Waals surface area contributed by atoms with E-state index in [2.05, 4.69) is 0 Å². The molecule has 0 saturated carbocycles. The Morgan fingerprint density at radius 2 is 2.00 bits per heavy atom. The molecule has 1 aromatic carbocycles. The van der Waals surface area contributed by atoms with E-state index >= 15 is 0 Å². The van der Waals surface area contributed by atoms with Gasteiger partial charge >= 0.3 is 0 Å². The number of benzene rings is 1. The Kier molecular flexibility index (Phi) is 6.32. The molecule has 8 heteroatoms. The van der Waals surface area contributed by atoms with E-state index in [1.807, 2.05) is 40.6 Å². The van der Waals surface area contributed by atoms with E-state index in [9.17, 15) is 9.59 Å². The van der Waals surface area contributed by atoms with Crippen LogP contribution in [0.3, 0.4) is 0 Å². The van der Waals surface area contributed by atoms with Crippen LogP contribution in [0.1, 0.15) is 12.8 Å². The van der Waals surface area contributed by atoms with Crippen molar-refractivity contribution in [3.8, 4) is 11.1 Å². The molecule has 0 atom stereocenters. The topological polar surface area (TPSA) is 64.4 Å². The minimum absolute atomic E-state index is 0.0259. The van der Waals surface area contributed by atoms with Gasteiger partial charge in [-0.15, -0.1) is 11.3 Å². The summed E-state index contributed by atoms with van der Waals surface area (Å²) in [7, 11) is 1.77. The van der Waals surface area contributed by atoms with Crippen LogP contribution in [-0.4, -0.2) is 52.4 Å². The highest BCUT2D eigenvalue weighted by Crippen LogP contribution is 2.32. The van der Waals surface area contributed by atoms with Crippen LogP contribution in [0, 0.1) is 0 Å². The SMILES string of the molecule is Cn1c(SCCCC(=O)N2CCOCC2)nc2scc(-c3ccccc3)c2c1=O. The van der Waals surface area contributed by atoms with Gasteiger partial charge in [0.2, 0.25) is 5.91 Å². The molecule has 1 amide bonds. The summed E-state index contributed by atoms with van der Waals surface area (Å²) in [4.78, 5) is 32.6. The molecule has 29 heavy (non-hydrogen) atoms. The molecule has 0 unspecified atom stereocenters. The lowest BCUT2D eigenvalue weighted by Gasteiger charge is -2.26. The highest BCUT2D eigenvalue weighted by molar-refractivity contribution is 7.99. The number of aromatic nitrogens is 2. The van der Waals surface area contributed by atoms with Crippen molar-refractivity contribution in [3.63, 3.8) is 0 Å². The summed E-state index contributed by atoms with van der Waals surface area (Å²) >= 11 is 3.03. The Bertz CT molecular complexity index is 1060. The number of amides is 1. The third-order valence-corrected chi connectivity index (χ3v) is 6.98. The van der Waals surface area contributed by atoms with Crippen LogP contribution in [0.15, 0.2) is 45.7 Å². The number of hydrogen-bond acceptors (Lipinski definition) is 6. The molecule has 1 fully saturated rings. The zero-order valence-corrected chi connectivity index (χ0v) is 17.9. The molecule has 0 bridgehead atoms. The molecule has 0 spiro atoms. The van der Waals surface area contributed by atoms with Gasteiger partial charge < -0.3 is 9.64 Å². The summed E-state index contributed by atoms with van der Waals surface area (Å²) in [6.45, 7) is 2.61. The minimum atomic E-state index is -0.0259. The van der Waals surface area contributed by atoms with Crippen LogP contribution in [0.2, 0.25) is 0 Å². The van der Waals surface area contributed by atoms with E-state index in [0.29, 0.717) is 43.3 Å². The van der Waals surface area contributed by atoms with Crippen LogP contribution in [0.25, 0.3) is 21.3 Å². The molecule has 2 aromatic heterocycles. The first-order valence-corrected chi connectivity index (χ1v) is 11.5. The van der Waals surface area contributed by atoms with Gasteiger partial charge in [-0.1, -0.05) is 42.1 Å². The predicted octanol–water partition coefficient (Wildman–Crippen LogP) is 3.39. The largest absolute Gasteiger partial charge is 0.378 e. The van der Waals surface area contributed by atoms with Crippen molar-refractivity contribution in [2.45, 2.75) is 18.0 Å². The predicted molar refractivity (Wildman–Crippen MR) is 118 cm³/mol. The molecule has 152 valence electrons. The van der Waals surface area contributed by atoms with Gasteiger partial charge in [-0.05, 0) is 12.0 Å². The molecule has 1 aliphatic rings. The standard InChI is InChI=1S/C21H23N3O3S2/c1-23-20(26)18-16(15-6-3-2-4-7-15)14-29-19(18)22-21(23)28-13-5-8-17(25)24-9-11-27-12-10-24/h2-4,6-7,14H,5,8-13H2,1H3. The Balaban J connectivity index is 1.44. The van der Waals surface area contributed by atoms with Crippen LogP contribution in [0.4, 0.5) is 0 Å². The Morgan fingerprint density at radius 3 is 2.76 bits per heavy atom. The third kappa shape index (κ3) is 4.39. The minimum Gasteiger partial charge on any atom is -0.378 e. The second kappa shape index (κ2) is 9.11. The zero-order chi connectivity index (χ0) is 20.2. The number of hydrogen-bond donors (Lipinski definition) is 0. The maximum Gasteiger partial charge on any atom is 0.263 e. The van der Waals surface area contributed by atoms with E-state index in [1.54, 1.807) is 11.6 Å². The van der Waals surface area contributed by atoms with Crippen molar-refractivity contribution in [3.05, 3.63) is 46.1 Å². The van der Waals surface area contributed by atoms with E-state index in [4.69, 9.17) is 9.72 Å². The lowest BCUT2D eigenvalue weighted by atomic mass is 10.1. The van der Waals surface area contributed by atoms with E-state index < -0.39 is 0 Å². The average Bonchev–Trinajstić information content (AvgIpc) is 3.19. The third-order valence-electron chi connectivity index (χ3n) is 4.99. The van der Waals surface area contributed by atoms with Gasteiger partial charge in [-0.2, -0.15) is 0 Å². The second-order valence-corrected chi connectivity index (χ2v) is 8.82. The fourth-order valence-corrected chi connectivity index (χ4v) is 5.27. The number of carbonyl (C=O) groups excluding carboxylic acids is 1. The fourth-order valence-electron chi connectivity index (χ4n) is 3.37. The monoisotopic (exact) mass is 429 g/mol. The van der Waals surface area contributed by atoms with Gasteiger partial charge in [0.25, 0.3) is 5.56 Å². The van der Waals surface area contributed by atoms with Gasteiger partial charge in [0, 0.05) is 43.3 Å². The normalized spacial score (nSPS) is 14.4. The van der Waals surface area contributed by atoms with Gasteiger partial charge in [0.1, 0.15) is 4.83 Å². The molecule has 1 aliphatic heterocycles. The number of rotatable bonds is 6. The van der Waals surface area contributed by atoms with Crippen LogP contribution in [-0.2, 0) is 16.6 Å². The molecule has 4 rings (SSSR count). The molecule has 0 radical (unpaired) electrons. The Labute approximate surface area is 177 Å². The number of ether oxygens (including phenoxy) is 1. The number of nitrogens with zero attached hydrogens (tertiary/aromatic N) is 3. The maximum absolute atomic E-state index is 13.0. The summed E-state index contributed by atoms with van der Waals surface area (Å²) in [6, 6.07) is 9.93. The second-order valence-electron chi connectivity index (χ2n) is 6.90. The Morgan fingerprint density at radius 1 is 1.24 bits per heavy atom. The number of morpholine rings is 1. The molecule has 6 nitrogen and oxygen atoms in total. The maximum atomic E-state index is 13.0. The highest BCUT2D eigenvalue weighted by atomic mass is 32.2. The molecule has 0 N–H and O–H groups in total. The van der Waals surface area contributed by atoms with Crippen molar-refractivity contribution in [1.82, 2.24) is 14.5 Å². The number of carbonyl (C=O) groups is 1. The number of thioether (sulfide) groups is 1. The van der Waals surface area contributed by atoms with Gasteiger partial charge in [-0.3, -0.25) is 14.2 Å². The molecule has 3 heterocycles. The van der Waals surface area contributed by atoms with Crippen LogP contribution >= 0.6 is 23.1 Å². The molecule has 3 aromatic rings. The molecular weight excluding hydrogens is 406 g/mol. The van der Waals surface area contributed by atoms with Crippen molar-refractivity contribution >= 4 is 39.2 Å². The van der Waals surface area contributed by atoms with Crippen molar-refractivity contribution in [1.29, 1.82) is 0 Å². The molecule has 0 aliphatic carbocycles. The zero-order valence-electron chi connectivity index (χ0n) is 16.3. The first-order chi connectivity index (χ1) is 14.1. The van der Waals surface area contributed by atoms with Gasteiger partial charge in [0.05, 0.1) is 18.6 Å². The number of thiophene rings is 1. The van der Waals surface area contributed by atoms with E-state index in [1.165, 1.54) is 23.1 Å². The van der Waals surface area contributed by atoms with Crippen molar-refractivity contribution in [2.75, 3.05) is 32.1 Å². The van der Waals surface area contributed by atoms with Crippen molar-refractivity contribution in [2.24, 2.45) is 7.05 Å². The Hall–Kier alpha value is -2.16. The van der Waals surface area contributed by atoms with E-state index in [0.717, 1.165) is 28.1 Å². The van der Waals surface area contributed by atoms with Crippen LogP contribution in [0.5, 0.6) is 0 Å². The quantitative estimate of drug-likeness (QED) is 0.341. The number of fused-ring (bicyclic) bond motifs is 1. The first-order valence-electron chi connectivity index (χ1n) is 9.67. The molecular formula is C21H23N3O3S2. The summed E-state index contributed by atoms with van der Waals surface area (Å²) < 4.78 is 6.91. The smallest absolute Gasteiger partial charge is 0.263 e. The van der Waals surface area contributed by atoms with Gasteiger partial charge in [-0.25, -0.2) is 4.98 Å². The summed E-state index contributed by atoms with van der Waals surface area (Å²) in [5, 5.41) is 3.38. The fraction of sp³-hybridized carbons (Fsp3) is 0.381. The first kappa shape index (κ1) is 20.1. The summed E-state index contributed by atoms with van der Waals surface area (Å²) in [5.41, 5.74) is 1.94. The lowest BCUT2D eigenvalue weighted by molar-refractivity contribution is -0.135.